The molecule has 30 heavy (non-hydrogen) atoms. The molecule has 2 aliphatic carbocycles. The molecule has 0 bridgehead atoms. The third-order valence-corrected chi connectivity index (χ3v) is 7.49. The van der Waals surface area contributed by atoms with E-state index in [1.54, 1.807) is 0 Å². The molecule has 5 heteroatoms. The Hall–Kier alpha value is -1.85. The molecule has 3 rings (SSSR count). The van der Waals surface area contributed by atoms with Crippen LogP contribution < -0.4 is 11.1 Å². The van der Waals surface area contributed by atoms with Crippen LogP contribution in [0, 0.1) is 17.8 Å². The Bertz CT molecular complexity index is 746. The SMILES string of the molecule is C=C(C)[C@H]1CC[C@@](C)(O)[C@H]2CC[C@@](O)(CCN=C(N)NCCc3ccccc3)[C@H]2C1. The zero-order valence-electron chi connectivity index (χ0n) is 18.6. The van der Waals surface area contributed by atoms with E-state index in [4.69, 9.17) is 5.73 Å². The van der Waals surface area contributed by atoms with Crippen LogP contribution in [0.4, 0.5) is 0 Å². The van der Waals surface area contributed by atoms with E-state index < -0.39 is 11.2 Å². The minimum absolute atomic E-state index is 0.0826. The molecule has 1 aromatic rings. The van der Waals surface area contributed by atoms with Crippen molar-refractivity contribution in [1.29, 1.82) is 0 Å². The average Bonchev–Trinajstić information content (AvgIpc) is 2.94. The van der Waals surface area contributed by atoms with Crippen molar-refractivity contribution < 1.29 is 10.2 Å². The number of benzene rings is 1. The second-order valence-electron chi connectivity index (χ2n) is 9.71. The van der Waals surface area contributed by atoms with Crippen molar-refractivity contribution in [3.63, 3.8) is 0 Å². The number of aliphatic imine (C=N–C) groups is 1. The van der Waals surface area contributed by atoms with Gasteiger partial charge in [-0.1, -0.05) is 42.5 Å². The van der Waals surface area contributed by atoms with Gasteiger partial charge >= 0.3 is 0 Å². The lowest BCUT2D eigenvalue weighted by atomic mass is 9.74. The van der Waals surface area contributed by atoms with Crippen LogP contribution in [0.15, 0.2) is 47.5 Å². The van der Waals surface area contributed by atoms with Gasteiger partial charge in [-0.05, 0) is 82.1 Å². The quantitative estimate of drug-likeness (QED) is 0.313. The lowest BCUT2D eigenvalue weighted by Crippen LogP contribution is -2.43. The number of fused-ring (bicyclic) bond motifs is 1. The summed E-state index contributed by atoms with van der Waals surface area (Å²) in [5.41, 5.74) is 6.94. The summed E-state index contributed by atoms with van der Waals surface area (Å²) in [6, 6.07) is 10.3. The monoisotopic (exact) mass is 413 g/mol. The minimum Gasteiger partial charge on any atom is -0.390 e. The van der Waals surface area contributed by atoms with Crippen molar-refractivity contribution in [1.82, 2.24) is 5.32 Å². The van der Waals surface area contributed by atoms with Gasteiger partial charge in [0.2, 0.25) is 0 Å². The Kier molecular flexibility index (Phi) is 7.25. The van der Waals surface area contributed by atoms with Gasteiger partial charge in [0.25, 0.3) is 0 Å². The first-order valence-electron chi connectivity index (χ1n) is 11.4. The van der Waals surface area contributed by atoms with Crippen LogP contribution in [-0.2, 0) is 6.42 Å². The number of nitrogens with one attached hydrogen (secondary N) is 1. The minimum atomic E-state index is -0.791. The Labute approximate surface area is 181 Å². The van der Waals surface area contributed by atoms with Crippen molar-refractivity contribution in [2.75, 3.05) is 13.1 Å². The highest BCUT2D eigenvalue weighted by atomic mass is 16.3. The lowest BCUT2D eigenvalue weighted by Gasteiger charge is -2.37. The van der Waals surface area contributed by atoms with E-state index >= 15 is 0 Å². The summed E-state index contributed by atoms with van der Waals surface area (Å²) in [5.74, 6) is 1.01. The van der Waals surface area contributed by atoms with E-state index in [1.807, 2.05) is 25.1 Å². The second kappa shape index (κ2) is 9.52. The number of nitrogens with two attached hydrogens (primary N) is 1. The van der Waals surface area contributed by atoms with E-state index in [0.29, 0.717) is 24.8 Å². The van der Waals surface area contributed by atoms with Gasteiger partial charge in [0.15, 0.2) is 5.96 Å². The smallest absolute Gasteiger partial charge is 0.188 e. The molecule has 5 nitrogen and oxygen atoms in total. The third-order valence-electron chi connectivity index (χ3n) is 7.49. The van der Waals surface area contributed by atoms with Gasteiger partial charge in [-0.3, -0.25) is 4.99 Å². The van der Waals surface area contributed by atoms with Gasteiger partial charge in [-0.25, -0.2) is 0 Å². The number of hydrogen-bond donors (Lipinski definition) is 4. The number of rotatable bonds is 7. The van der Waals surface area contributed by atoms with E-state index in [2.05, 4.69) is 35.9 Å². The van der Waals surface area contributed by atoms with E-state index in [9.17, 15) is 10.2 Å². The Morgan fingerprint density at radius 3 is 2.63 bits per heavy atom. The van der Waals surface area contributed by atoms with Crippen molar-refractivity contribution >= 4 is 5.96 Å². The lowest BCUT2D eigenvalue weighted by molar-refractivity contribution is -0.0637. The summed E-state index contributed by atoms with van der Waals surface area (Å²) >= 11 is 0. The van der Waals surface area contributed by atoms with Gasteiger partial charge < -0.3 is 21.3 Å². The van der Waals surface area contributed by atoms with Crippen molar-refractivity contribution in [2.45, 2.75) is 70.0 Å². The van der Waals surface area contributed by atoms with E-state index in [0.717, 1.165) is 50.6 Å². The number of aliphatic hydroxyl groups is 2. The molecule has 5 atom stereocenters. The van der Waals surface area contributed by atoms with Crippen LogP contribution in [0.5, 0.6) is 0 Å². The molecule has 1 aromatic carbocycles. The highest BCUT2D eigenvalue weighted by Gasteiger charge is 2.54. The standard InChI is InChI=1S/C25H39N3O2/c1-18(2)20-9-12-24(3,29)21-10-13-25(30,22(21)17-20)14-16-28-23(26)27-15-11-19-7-5-4-6-8-19/h4-8,20-22,29-30H,1,9-17H2,2-3H3,(H3,26,27,28)/t20-,21-,22-,24+,25+/m0/s1. The summed E-state index contributed by atoms with van der Waals surface area (Å²) in [4.78, 5) is 4.46. The van der Waals surface area contributed by atoms with Crippen molar-refractivity contribution in [3.05, 3.63) is 48.0 Å². The van der Waals surface area contributed by atoms with Crippen LogP contribution in [0.2, 0.25) is 0 Å². The predicted octanol–water partition coefficient (Wildman–Crippen LogP) is 3.41. The molecule has 5 N–H and O–H groups in total. The Morgan fingerprint density at radius 1 is 1.20 bits per heavy atom. The second-order valence-corrected chi connectivity index (χ2v) is 9.71. The molecule has 0 heterocycles. The number of nitrogens with zero attached hydrogens (tertiary/aromatic N) is 1. The van der Waals surface area contributed by atoms with Gasteiger partial charge in [-0.15, -0.1) is 0 Å². The fraction of sp³-hybridized carbons (Fsp3) is 0.640. The summed E-state index contributed by atoms with van der Waals surface area (Å²) in [7, 11) is 0. The van der Waals surface area contributed by atoms with Crippen LogP contribution in [0.3, 0.4) is 0 Å². The van der Waals surface area contributed by atoms with E-state index in [1.165, 1.54) is 5.56 Å². The van der Waals surface area contributed by atoms with Crippen LogP contribution in [0.25, 0.3) is 0 Å². The van der Waals surface area contributed by atoms with Crippen LogP contribution >= 0.6 is 0 Å². The molecule has 2 aliphatic rings. The first-order chi connectivity index (χ1) is 14.2. The Balaban J connectivity index is 1.55. The molecule has 0 saturated heterocycles. The molecule has 0 spiro atoms. The summed E-state index contributed by atoms with van der Waals surface area (Å²) < 4.78 is 0. The zero-order chi connectivity index (χ0) is 21.8. The highest BCUT2D eigenvalue weighted by Crippen LogP contribution is 2.54. The first-order valence-corrected chi connectivity index (χ1v) is 11.4. The molecule has 0 amide bonds. The van der Waals surface area contributed by atoms with Crippen molar-refractivity contribution in [2.24, 2.45) is 28.5 Å². The molecule has 0 aliphatic heterocycles. The fourth-order valence-corrected chi connectivity index (χ4v) is 5.53. The molecule has 0 radical (unpaired) electrons. The summed E-state index contributed by atoms with van der Waals surface area (Å²) in [5, 5.41) is 25.7. The maximum atomic E-state index is 11.5. The van der Waals surface area contributed by atoms with E-state index in [-0.39, 0.29) is 11.8 Å². The molecule has 2 saturated carbocycles. The number of allylic oxidation sites excluding steroid dienone is 1. The number of guanidine groups is 1. The summed E-state index contributed by atoms with van der Waals surface area (Å²) in [6.07, 6.45) is 5.68. The largest absolute Gasteiger partial charge is 0.390 e. The molecular weight excluding hydrogens is 374 g/mol. The van der Waals surface area contributed by atoms with Gasteiger partial charge in [0.1, 0.15) is 0 Å². The maximum absolute atomic E-state index is 11.5. The number of hydrogen-bond acceptors (Lipinski definition) is 3. The van der Waals surface area contributed by atoms with Crippen LogP contribution in [0.1, 0.15) is 57.9 Å². The van der Waals surface area contributed by atoms with Gasteiger partial charge in [0, 0.05) is 13.1 Å². The normalized spacial score (nSPS) is 34.3. The van der Waals surface area contributed by atoms with Crippen LogP contribution in [-0.4, -0.2) is 40.5 Å². The predicted molar refractivity (Wildman–Crippen MR) is 123 cm³/mol. The van der Waals surface area contributed by atoms with Crippen molar-refractivity contribution in [3.8, 4) is 0 Å². The molecule has 2 fully saturated rings. The fourth-order valence-electron chi connectivity index (χ4n) is 5.53. The van der Waals surface area contributed by atoms with Gasteiger partial charge in [0.05, 0.1) is 11.2 Å². The topological polar surface area (TPSA) is 90.9 Å². The third kappa shape index (κ3) is 5.44. The first kappa shape index (κ1) is 22.8. The highest BCUT2D eigenvalue weighted by molar-refractivity contribution is 5.77. The van der Waals surface area contributed by atoms with Gasteiger partial charge in [-0.2, -0.15) is 0 Å². The zero-order valence-corrected chi connectivity index (χ0v) is 18.6. The average molecular weight is 414 g/mol. The Morgan fingerprint density at radius 2 is 1.93 bits per heavy atom. The molecular formula is C25H39N3O2. The molecule has 0 unspecified atom stereocenters. The maximum Gasteiger partial charge on any atom is 0.188 e. The molecule has 166 valence electrons. The molecule has 0 aromatic heterocycles. The summed E-state index contributed by atoms with van der Waals surface area (Å²) in [6.45, 7) is 9.40.